The number of halogens is 1. The first-order valence-corrected chi connectivity index (χ1v) is 6.68. The summed E-state index contributed by atoms with van der Waals surface area (Å²) in [5, 5.41) is 3.76. The summed E-state index contributed by atoms with van der Waals surface area (Å²) in [6.45, 7) is 2.28. The van der Waals surface area contributed by atoms with Crippen LogP contribution in [0.4, 0.5) is 0 Å². The summed E-state index contributed by atoms with van der Waals surface area (Å²) in [6.07, 6.45) is 7.93. The molecule has 1 saturated heterocycles. The van der Waals surface area contributed by atoms with Crippen LogP contribution in [0.25, 0.3) is 0 Å². The molecule has 1 nitrogen and oxygen atoms in total. The van der Waals surface area contributed by atoms with E-state index in [-0.39, 0.29) is 12.4 Å². The number of rotatable bonds is 5. The van der Waals surface area contributed by atoms with Crippen LogP contribution in [0.3, 0.4) is 0 Å². The molecule has 96 valence electrons. The third kappa shape index (κ3) is 4.69. The van der Waals surface area contributed by atoms with Gasteiger partial charge in [-0.25, -0.2) is 0 Å². The SMILES string of the molecule is CCC[C@@H]1CC[C@@H](CCc2ccccc2)N1.Cl. The summed E-state index contributed by atoms with van der Waals surface area (Å²) >= 11 is 0. The van der Waals surface area contributed by atoms with Crippen molar-refractivity contribution in [2.45, 2.75) is 57.5 Å². The Morgan fingerprint density at radius 2 is 1.71 bits per heavy atom. The second-order valence-corrected chi connectivity index (χ2v) is 4.95. The summed E-state index contributed by atoms with van der Waals surface area (Å²) in [4.78, 5) is 0. The minimum absolute atomic E-state index is 0. The van der Waals surface area contributed by atoms with Crippen LogP contribution < -0.4 is 5.32 Å². The molecule has 0 aliphatic carbocycles. The molecule has 1 aliphatic heterocycles. The zero-order chi connectivity index (χ0) is 11.2. The van der Waals surface area contributed by atoms with Crippen molar-refractivity contribution in [3.05, 3.63) is 35.9 Å². The Bertz CT molecular complexity index is 299. The molecule has 2 heteroatoms. The lowest BCUT2D eigenvalue weighted by Gasteiger charge is -2.13. The Hall–Kier alpha value is -0.530. The lowest BCUT2D eigenvalue weighted by molar-refractivity contribution is 0.488. The fraction of sp³-hybridized carbons (Fsp3) is 0.600. The monoisotopic (exact) mass is 253 g/mol. The Morgan fingerprint density at radius 1 is 1.06 bits per heavy atom. The van der Waals surface area contributed by atoms with Gasteiger partial charge in [0.25, 0.3) is 0 Å². The fourth-order valence-electron chi connectivity index (χ4n) is 2.69. The highest BCUT2D eigenvalue weighted by molar-refractivity contribution is 5.85. The van der Waals surface area contributed by atoms with Crippen molar-refractivity contribution < 1.29 is 0 Å². The molecule has 2 rings (SSSR count). The second-order valence-electron chi connectivity index (χ2n) is 4.95. The first-order chi connectivity index (χ1) is 7.88. The van der Waals surface area contributed by atoms with Gasteiger partial charge in [0.05, 0.1) is 0 Å². The predicted molar refractivity (Wildman–Crippen MR) is 76.9 cm³/mol. The van der Waals surface area contributed by atoms with Crippen molar-refractivity contribution in [3.63, 3.8) is 0 Å². The van der Waals surface area contributed by atoms with Crippen molar-refractivity contribution in [1.29, 1.82) is 0 Å². The van der Waals surface area contributed by atoms with Gasteiger partial charge in [-0.05, 0) is 37.7 Å². The topological polar surface area (TPSA) is 12.0 Å². The number of hydrogen-bond acceptors (Lipinski definition) is 1. The van der Waals surface area contributed by atoms with E-state index in [1.165, 1.54) is 44.1 Å². The molecule has 0 saturated carbocycles. The molecule has 1 fully saturated rings. The maximum atomic E-state index is 3.76. The largest absolute Gasteiger partial charge is 0.311 e. The quantitative estimate of drug-likeness (QED) is 0.838. The highest BCUT2D eigenvalue weighted by Gasteiger charge is 2.22. The van der Waals surface area contributed by atoms with Gasteiger partial charge in [-0.3, -0.25) is 0 Å². The second kappa shape index (κ2) is 7.73. The van der Waals surface area contributed by atoms with Gasteiger partial charge in [-0.15, -0.1) is 12.4 Å². The van der Waals surface area contributed by atoms with Crippen LogP contribution in [-0.2, 0) is 6.42 Å². The summed E-state index contributed by atoms with van der Waals surface area (Å²) in [7, 11) is 0. The van der Waals surface area contributed by atoms with E-state index in [2.05, 4.69) is 42.6 Å². The molecule has 2 atom stereocenters. The van der Waals surface area contributed by atoms with E-state index >= 15 is 0 Å². The van der Waals surface area contributed by atoms with Crippen LogP contribution in [0.15, 0.2) is 30.3 Å². The van der Waals surface area contributed by atoms with Gasteiger partial charge in [-0.1, -0.05) is 43.7 Å². The number of aryl methyl sites for hydroxylation is 1. The Morgan fingerprint density at radius 3 is 2.35 bits per heavy atom. The summed E-state index contributed by atoms with van der Waals surface area (Å²) in [5.74, 6) is 0. The molecular formula is C15H24ClN. The number of hydrogen-bond donors (Lipinski definition) is 1. The summed E-state index contributed by atoms with van der Waals surface area (Å²) < 4.78 is 0. The highest BCUT2D eigenvalue weighted by Crippen LogP contribution is 2.19. The van der Waals surface area contributed by atoms with Crippen LogP contribution in [0.2, 0.25) is 0 Å². The van der Waals surface area contributed by atoms with Gasteiger partial charge in [0.1, 0.15) is 0 Å². The molecule has 0 bridgehead atoms. The van der Waals surface area contributed by atoms with E-state index in [1.54, 1.807) is 0 Å². The van der Waals surface area contributed by atoms with Crippen molar-refractivity contribution in [2.75, 3.05) is 0 Å². The lowest BCUT2D eigenvalue weighted by atomic mass is 10.0. The highest BCUT2D eigenvalue weighted by atomic mass is 35.5. The zero-order valence-corrected chi connectivity index (χ0v) is 11.5. The van der Waals surface area contributed by atoms with Gasteiger partial charge in [0, 0.05) is 12.1 Å². The molecule has 1 aromatic rings. The molecule has 17 heavy (non-hydrogen) atoms. The molecule has 1 heterocycles. The molecule has 1 aromatic carbocycles. The van der Waals surface area contributed by atoms with E-state index in [4.69, 9.17) is 0 Å². The minimum atomic E-state index is 0. The van der Waals surface area contributed by atoms with E-state index in [1.807, 2.05) is 0 Å². The first kappa shape index (κ1) is 14.5. The third-order valence-electron chi connectivity index (χ3n) is 3.60. The van der Waals surface area contributed by atoms with Gasteiger partial charge < -0.3 is 5.32 Å². The third-order valence-corrected chi connectivity index (χ3v) is 3.60. The number of nitrogens with one attached hydrogen (secondary N) is 1. The molecule has 0 amide bonds. The van der Waals surface area contributed by atoms with E-state index in [9.17, 15) is 0 Å². The molecule has 0 aromatic heterocycles. The van der Waals surface area contributed by atoms with Crippen LogP contribution >= 0.6 is 12.4 Å². The maximum absolute atomic E-state index is 3.76. The average molecular weight is 254 g/mol. The van der Waals surface area contributed by atoms with E-state index in [0.717, 1.165) is 12.1 Å². The van der Waals surface area contributed by atoms with Crippen LogP contribution in [0.1, 0.15) is 44.6 Å². The normalized spacial score (nSPS) is 23.4. The molecule has 0 unspecified atom stereocenters. The molecule has 0 spiro atoms. The fourth-order valence-corrected chi connectivity index (χ4v) is 2.69. The van der Waals surface area contributed by atoms with Gasteiger partial charge in [0.2, 0.25) is 0 Å². The summed E-state index contributed by atoms with van der Waals surface area (Å²) in [5.41, 5.74) is 1.48. The van der Waals surface area contributed by atoms with Crippen LogP contribution in [-0.4, -0.2) is 12.1 Å². The zero-order valence-electron chi connectivity index (χ0n) is 10.7. The first-order valence-electron chi connectivity index (χ1n) is 6.68. The van der Waals surface area contributed by atoms with Crippen LogP contribution in [0.5, 0.6) is 0 Å². The minimum Gasteiger partial charge on any atom is -0.311 e. The molecule has 1 N–H and O–H groups in total. The van der Waals surface area contributed by atoms with Crippen molar-refractivity contribution in [3.8, 4) is 0 Å². The van der Waals surface area contributed by atoms with Crippen molar-refractivity contribution in [1.82, 2.24) is 5.32 Å². The number of benzene rings is 1. The van der Waals surface area contributed by atoms with Crippen molar-refractivity contribution >= 4 is 12.4 Å². The molecule has 1 aliphatic rings. The van der Waals surface area contributed by atoms with Gasteiger partial charge in [0.15, 0.2) is 0 Å². The Labute approximate surface area is 111 Å². The van der Waals surface area contributed by atoms with E-state index < -0.39 is 0 Å². The average Bonchev–Trinajstić information content (AvgIpc) is 2.76. The maximum Gasteiger partial charge on any atom is 0.00733 e. The van der Waals surface area contributed by atoms with Crippen molar-refractivity contribution in [2.24, 2.45) is 0 Å². The predicted octanol–water partition coefficient (Wildman–Crippen LogP) is 3.96. The smallest absolute Gasteiger partial charge is 0.00733 e. The Kier molecular flexibility index (Phi) is 6.61. The lowest BCUT2D eigenvalue weighted by Crippen LogP contribution is -2.29. The van der Waals surface area contributed by atoms with Gasteiger partial charge >= 0.3 is 0 Å². The van der Waals surface area contributed by atoms with Crippen LogP contribution in [0, 0.1) is 0 Å². The summed E-state index contributed by atoms with van der Waals surface area (Å²) in [6, 6.07) is 12.4. The molecule has 0 radical (unpaired) electrons. The molecular weight excluding hydrogens is 230 g/mol. The standard InChI is InChI=1S/C15H23N.ClH/c1-2-6-14-11-12-15(16-14)10-9-13-7-4-3-5-8-13;/h3-5,7-8,14-16H,2,6,9-12H2,1H3;1H/t14-,15-;/m1./s1. The van der Waals surface area contributed by atoms with Gasteiger partial charge in [-0.2, -0.15) is 0 Å². The Balaban J connectivity index is 0.00000144. The van der Waals surface area contributed by atoms with E-state index in [0.29, 0.717) is 0 Å².